The van der Waals surface area contributed by atoms with E-state index in [2.05, 4.69) is 26.5 Å². The molecule has 1 rings (SSSR count). The summed E-state index contributed by atoms with van der Waals surface area (Å²) in [6.07, 6.45) is 0. The van der Waals surface area contributed by atoms with Gasteiger partial charge in [-0.2, -0.15) is 15.6 Å². The van der Waals surface area contributed by atoms with Crippen molar-refractivity contribution < 1.29 is 4.39 Å². The van der Waals surface area contributed by atoms with Crippen molar-refractivity contribution in [2.24, 2.45) is 5.10 Å². The molecule has 1 aromatic rings. The van der Waals surface area contributed by atoms with Gasteiger partial charge in [-0.05, 0) is 40.5 Å². The minimum atomic E-state index is -0.375. The van der Waals surface area contributed by atoms with Crippen LogP contribution in [0, 0.1) is 35.4 Å². The van der Waals surface area contributed by atoms with Crippen LogP contribution in [0.15, 0.2) is 21.7 Å². The Kier molecular flexibility index (Phi) is 3.98. The van der Waals surface area contributed by atoms with E-state index in [0.717, 1.165) is 0 Å². The van der Waals surface area contributed by atoms with E-state index < -0.39 is 0 Å². The number of hydrogen-bond acceptors (Lipinski definition) is 4. The molecule has 0 fully saturated rings. The largest absolute Gasteiger partial charge is 0.275 e. The number of nitriles is 2. The van der Waals surface area contributed by atoms with Crippen LogP contribution < -0.4 is 5.43 Å². The molecule has 0 unspecified atom stereocenters. The number of hydrogen-bond donors (Lipinski definition) is 1. The Bertz CT molecular complexity index is 486. The molecule has 0 aliphatic carbocycles. The molecule has 4 nitrogen and oxygen atoms in total. The summed E-state index contributed by atoms with van der Waals surface area (Å²) < 4.78 is 13.4. The molecule has 0 radical (unpaired) electrons. The molecular formula is C10H6BrFN4. The van der Waals surface area contributed by atoms with E-state index in [4.69, 9.17) is 10.5 Å². The highest BCUT2D eigenvalue weighted by Crippen LogP contribution is 2.27. The Morgan fingerprint density at radius 3 is 2.56 bits per heavy atom. The maximum Gasteiger partial charge on any atom is 0.237 e. The molecule has 0 amide bonds. The second-order valence-corrected chi connectivity index (χ2v) is 3.73. The van der Waals surface area contributed by atoms with E-state index in [1.807, 2.05) is 0 Å². The maximum absolute atomic E-state index is 12.9. The fourth-order valence-corrected chi connectivity index (χ4v) is 1.65. The molecule has 0 spiro atoms. The average molecular weight is 281 g/mol. The average Bonchev–Trinajstić information content (AvgIpc) is 2.22. The van der Waals surface area contributed by atoms with Gasteiger partial charge in [-0.15, -0.1) is 0 Å². The molecule has 1 aromatic carbocycles. The van der Waals surface area contributed by atoms with Gasteiger partial charge in [-0.25, -0.2) is 4.39 Å². The lowest BCUT2D eigenvalue weighted by molar-refractivity contribution is 0.626. The number of benzene rings is 1. The molecule has 0 bridgehead atoms. The molecule has 0 saturated carbocycles. The Balaban J connectivity index is 3.05. The third kappa shape index (κ3) is 2.78. The summed E-state index contributed by atoms with van der Waals surface area (Å²) in [6.45, 7) is 1.68. The van der Waals surface area contributed by atoms with Crippen molar-refractivity contribution in [3.05, 3.63) is 28.0 Å². The number of nitrogens with one attached hydrogen (secondary N) is 1. The van der Waals surface area contributed by atoms with Crippen LogP contribution in [-0.4, -0.2) is 5.71 Å². The van der Waals surface area contributed by atoms with Crippen LogP contribution in [0.3, 0.4) is 0 Å². The Morgan fingerprint density at radius 2 is 2.06 bits per heavy atom. The van der Waals surface area contributed by atoms with E-state index in [9.17, 15) is 4.39 Å². The maximum atomic E-state index is 12.9. The van der Waals surface area contributed by atoms with Gasteiger partial charge >= 0.3 is 0 Å². The standard InChI is InChI=1S/C10H6BrFN4/c1-6-2-7(12)3-9(11)10(6)16-15-8(4-13)5-14/h2-3,16H,1H3. The lowest BCUT2D eigenvalue weighted by Gasteiger charge is -2.07. The van der Waals surface area contributed by atoms with Gasteiger partial charge in [0.05, 0.1) is 5.69 Å². The third-order valence-electron chi connectivity index (χ3n) is 1.74. The van der Waals surface area contributed by atoms with Gasteiger partial charge in [0.2, 0.25) is 5.71 Å². The first-order chi connectivity index (χ1) is 7.58. The summed E-state index contributed by atoms with van der Waals surface area (Å²) in [5.41, 5.74) is 3.38. The molecule has 0 heterocycles. The molecule has 0 aliphatic heterocycles. The Morgan fingerprint density at radius 1 is 1.44 bits per heavy atom. The minimum absolute atomic E-state index is 0.296. The number of hydrazone groups is 1. The van der Waals surface area contributed by atoms with E-state index >= 15 is 0 Å². The predicted molar refractivity (Wildman–Crippen MR) is 61.1 cm³/mol. The summed E-state index contributed by atoms with van der Waals surface area (Å²) in [7, 11) is 0. The first-order valence-electron chi connectivity index (χ1n) is 4.18. The number of halogens is 2. The first kappa shape index (κ1) is 12.2. The van der Waals surface area contributed by atoms with E-state index in [1.54, 1.807) is 19.1 Å². The second kappa shape index (κ2) is 5.24. The highest BCUT2D eigenvalue weighted by molar-refractivity contribution is 9.10. The SMILES string of the molecule is Cc1cc(F)cc(Br)c1NN=C(C#N)C#N. The third-order valence-corrected chi connectivity index (χ3v) is 2.37. The number of rotatable bonds is 2. The van der Waals surface area contributed by atoms with E-state index in [0.29, 0.717) is 15.7 Å². The zero-order chi connectivity index (χ0) is 12.1. The van der Waals surface area contributed by atoms with Crippen molar-refractivity contribution >= 4 is 27.3 Å². The molecule has 1 N–H and O–H groups in total. The Labute approximate surface area is 100 Å². The molecule has 0 atom stereocenters. The number of anilines is 1. The van der Waals surface area contributed by atoms with Crippen LogP contribution in [0.2, 0.25) is 0 Å². The molecule has 6 heteroatoms. The van der Waals surface area contributed by atoms with Crippen LogP contribution in [0.4, 0.5) is 10.1 Å². The number of aryl methyl sites for hydroxylation is 1. The molecule has 80 valence electrons. The van der Waals surface area contributed by atoms with Crippen molar-refractivity contribution in [1.29, 1.82) is 10.5 Å². The summed E-state index contributed by atoms with van der Waals surface area (Å²) in [6, 6.07) is 5.81. The highest BCUT2D eigenvalue weighted by atomic mass is 79.9. The summed E-state index contributed by atoms with van der Waals surface area (Å²) >= 11 is 3.15. The minimum Gasteiger partial charge on any atom is -0.275 e. The lowest BCUT2D eigenvalue weighted by Crippen LogP contribution is -1.99. The fourth-order valence-electron chi connectivity index (χ4n) is 1.03. The van der Waals surface area contributed by atoms with Gasteiger partial charge in [0.1, 0.15) is 18.0 Å². The van der Waals surface area contributed by atoms with Crippen molar-refractivity contribution in [2.45, 2.75) is 6.92 Å². The predicted octanol–water partition coefficient (Wildman–Crippen LogP) is 2.71. The van der Waals surface area contributed by atoms with Crippen molar-refractivity contribution in [3.8, 4) is 12.1 Å². The molecule has 0 aromatic heterocycles. The van der Waals surface area contributed by atoms with Crippen LogP contribution >= 0.6 is 15.9 Å². The van der Waals surface area contributed by atoms with Crippen LogP contribution in [-0.2, 0) is 0 Å². The van der Waals surface area contributed by atoms with Gasteiger partial charge < -0.3 is 0 Å². The molecule has 0 saturated heterocycles. The smallest absolute Gasteiger partial charge is 0.237 e. The quantitative estimate of drug-likeness (QED) is 0.669. The normalized spacial score (nSPS) is 8.81. The highest BCUT2D eigenvalue weighted by Gasteiger charge is 2.06. The van der Waals surface area contributed by atoms with Gasteiger partial charge in [-0.1, -0.05) is 0 Å². The van der Waals surface area contributed by atoms with Crippen molar-refractivity contribution in [1.82, 2.24) is 0 Å². The topological polar surface area (TPSA) is 72.0 Å². The fraction of sp³-hybridized carbons (Fsp3) is 0.100. The van der Waals surface area contributed by atoms with Gasteiger partial charge in [0, 0.05) is 4.47 Å². The van der Waals surface area contributed by atoms with Crippen LogP contribution in [0.5, 0.6) is 0 Å². The zero-order valence-corrected chi connectivity index (χ0v) is 9.84. The summed E-state index contributed by atoms with van der Waals surface area (Å²) in [4.78, 5) is 0. The lowest BCUT2D eigenvalue weighted by atomic mass is 10.2. The van der Waals surface area contributed by atoms with E-state index in [-0.39, 0.29) is 11.5 Å². The number of nitrogens with zero attached hydrogens (tertiary/aromatic N) is 3. The van der Waals surface area contributed by atoms with Crippen molar-refractivity contribution in [2.75, 3.05) is 5.43 Å². The van der Waals surface area contributed by atoms with Gasteiger partial charge in [0.25, 0.3) is 0 Å². The van der Waals surface area contributed by atoms with Gasteiger partial charge in [0.15, 0.2) is 0 Å². The molecule has 0 aliphatic rings. The zero-order valence-electron chi connectivity index (χ0n) is 8.25. The van der Waals surface area contributed by atoms with Crippen LogP contribution in [0.1, 0.15) is 5.56 Å². The van der Waals surface area contributed by atoms with Gasteiger partial charge in [-0.3, -0.25) is 5.43 Å². The second-order valence-electron chi connectivity index (χ2n) is 2.88. The van der Waals surface area contributed by atoms with E-state index in [1.165, 1.54) is 12.1 Å². The summed E-state index contributed by atoms with van der Waals surface area (Å²) in [5, 5.41) is 20.5. The monoisotopic (exact) mass is 280 g/mol. The molecule has 16 heavy (non-hydrogen) atoms. The van der Waals surface area contributed by atoms with Crippen LogP contribution in [0.25, 0.3) is 0 Å². The first-order valence-corrected chi connectivity index (χ1v) is 4.97. The summed E-state index contributed by atoms with van der Waals surface area (Å²) in [5.74, 6) is -0.375. The molecular weight excluding hydrogens is 275 g/mol. The van der Waals surface area contributed by atoms with Crippen molar-refractivity contribution in [3.63, 3.8) is 0 Å². The Hall–Kier alpha value is -1.92.